The van der Waals surface area contributed by atoms with Gasteiger partial charge in [0.1, 0.15) is 5.56 Å². The van der Waals surface area contributed by atoms with E-state index in [0.29, 0.717) is 11.3 Å². The first-order valence-corrected chi connectivity index (χ1v) is 4.20. The molecule has 0 bridgehead atoms. The standard InChI is InChI=1S/C9H14N2O2/c1-6(2)11-5-8(7(3)10-11)9(12)13-4/h5-6H,1-4H3. The third-order valence-electron chi connectivity index (χ3n) is 1.85. The molecule has 1 aromatic rings. The highest BCUT2D eigenvalue weighted by Crippen LogP contribution is 2.11. The minimum Gasteiger partial charge on any atom is -0.465 e. The van der Waals surface area contributed by atoms with E-state index in [-0.39, 0.29) is 12.0 Å². The topological polar surface area (TPSA) is 44.1 Å². The summed E-state index contributed by atoms with van der Waals surface area (Å²) in [6.07, 6.45) is 1.71. The average molecular weight is 182 g/mol. The maximum Gasteiger partial charge on any atom is 0.341 e. The van der Waals surface area contributed by atoms with Gasteiger partial charge in [-0.2, -0.15) is 5.10 Å². The molecule has 72 valence electrons. The summed E-state index contributed by atoms with van der Waals surface area (Å²) in [5.41, 5.74) is 1.25. The first-order valence-electron chi connectivity index (χ1n) is 4.20. The first-order chi connectivity index (χ1) is 6.06. The molecule has 0 saturated carbocycles. The second-order valence-electron chi connectivity index (χ2n) is 3.19. The third-order valence-corrected chi connectivity index (χ3v) is 1.85. The van der Waals surface area contributed by atoms with E-state index in [1.54, 1.807) is 17.8 Å². The maximum atomic E-state index is 11.2. The quantitative estimate of drug-likeness (QED) is 0.652. The summed E-state index contributed by atoms with van der Waals surface area (Å²) in [6.45, 7) is 5.81. The molecule has 0 aliphatic rings. The van der Waals surface area contributed by atoms with Crippen molar-refractivity contribution in [1.82, 2.24) is 9.78 Å². The molecule has 0 unspecified atom stereocenters. The lowest BCUT2D eigenvalue weighted by Crippen LogP contribution is -2.02. The van der Waals surface area contributed by atoms with Crippen LogP contribution in [0.3, 0.4) is 0 Å². The summed E-state index contributed by atoms with van der Waals surface area (Å²) in [7, 11) is 1.37. The molecule has 13 heavy (non-hydrogen) atoms. The number of esters is 1. The molecule has 0 fully saturated rings. The molecule has 4 nitrogen and oxygen atoms in total. The molecular formula is C9H14N2O2. The normalized spacial score (nSPS) is 10.5. The molecule has 1 aromatic heterocycles. The number of carbonyl (C=O) groups excluding carboxylic acids is 1. The zero-order chi connectivity index (χ0) is 10.0. The van der Waals surface area contributed by atoms with Crippen LogP contribution in [0.4, 0.5) is 0 Å². The number of aromatic nitrogens is 2. The second kappa shape index (κ2) is 3.60. The molecule has 0 atom stereocenters. The lowest BCUT2D eigenvalue weighted by atomic mass is 10.3. The van der Waals surface area contributed by atoms with Crippen molar-refractivity contribution in [3.8, 4) is 0 Å². The largest absolute Gasteiger partial charge is 0.465 e. The van der Waals surface area contributed by atoms with Crippen LogP contribution in [0.2, 0.25) is 0 Å². The van der Waals surface area contributed by atoms with Crippen LogP contribution in [-0.2, 0) is 4.74 Å². The van der Waals surface area contributed by atoms with Gasteiger partial charge in [0.25, 0.3) is 0 Å². The minimum absolute atomic E-state index is 0.261. The molecule has 1 rings (SSSR count). The van der Waals surface area contributed by atoms with Gasteiger partial charge in [-0.15, -0.1) is 0 Å². The molecule has 0 radical (unpaired) electrons. The second-order valence-corrected chi connectivity index (χ2v) is 3.19. The van der Waals surface area contributed by atoms with Crippen LogP contribution in [0.25, 0.3) is 0 Å². The van der Waals surface area contributed by atoms with Crippen molar-refractivity contribution in [1.29, 1.82) is 0 Å². The molecule has 4 heteroatoms. The van der Waals surface area contributed by atoms with Crippen molar-refractivity contribution >= 4 is 5.97 Å². The number of hydrogen-bond acceptors (Lipinski definition) is 3. The summed E-state index contributed by atoms with van der Waals surface area (Å²) >= 11 is 0. The highest BCUT2D eigenvalue weighted by Gasteiger charge is 2.14. The Labute approximate surface area is 77.5 Å². The number of rotatable bonds is 2. The number of carbonyl (C=O) groups is 1. The van der Waals surface area contributed by atoms with E-state index >= 15 is 0 Å². The zero-order valence-corrected chi connectivity index (χ0v) is 8.37. The van der Waals surface area contributed by atoms with Crippen molar-refractivity contribution in [2.45, 2.75) is 26.8 Å². The third kappa shape index (κ3) is 1.88. The van der Waals surface area contributed by atoms with E-state index in [0.717, 1.165) is 0 Å². The van der Waals surface area contributed by atoms with Crippen molar-refractivity contribution in [3.05, 3.63) is 17.5 Å². The average Bonchev–Trinajstić information content (AvgIpc) is 2.46. The van der Waals surface area contributed by atoms with E-state index in [2.05, 4.69) is 9.84 Å². The van der Waals surface area contributed by atoms with Crippen molar-refractivity contribution in [2.75, 3.05) is 7.11 Å². The van der Waals surface area contributed by atoms with Gasteiger partial charge in [0.15, 0.2) is 0 Å². The molecule has 0 N–H and O–H groups in total. The highest BCUT2D eigenvalue weighted by molar-refractivity contribution is 5.90. The minimum atomic E-state index is -0.329. The van der Waals surface area contributed by atoms with Crippen molar-refractivity contribution in [3.63, 3.8) is 0 Å². The van der Waals surface area contributed by atoms with E-state index < -0.39 is 0 Å². The number of methoxy groups -OCH3 is 1. The number of ether oxygens (including phenoxy) is 1. The van der Waals surface area contributed by atoms with Gasteiger partial charge in [0, 0.05) is 12.2 Å². The molecule has 0 saturated heterocycles. The zero-order valence-electron chi connectivity index (χ0n) is 8.37. The van der Waals surface area contributed by atoms with Gasteiger partial charge in [-0.1, -0.05) is 0 Å². The first kappa shape index (κ1) is 9.77. The summed E-state index contributed by atoms with van der Waals surface area (Å²) in [5.74, 6) is -0.329. The van der Waals surface area contributed by atoms with E-state index in [1.165, 1.54) is 7.11 Å². The van der Waals surface area contributed by atoms with Crippen LogP contribution in [0.15, 0.2) is 6.20 Å². The van der Waals surface area contributed by atoms with Gasteiger partial charge in [-0.05, 0) is 20.8 Å². The van der Waals surface area contributed by atoms with Crippen LogP contribution in [0.1, 0.15) is 35.9 Å². The van der Waals surface area contributed by atoms with Gasteiger partial charge in [-0.25, -0.2) is 4.79 Å². The van der Waals surface area contributed by atoms with Crippen LogP contribution in [0.5, 0.6) is 0 Å². The Balaban J connectivity index is 3.03. The lowest BCUT2D eigenvalue weighted by molar-refractivity contribution is 0.0600. The Morgan fingerprint density at radius 2 is 2.23 bits per heavy atom. The Morgan fingerprint density at radius 1 is 1.62 bits per heavy atom. The van der Waals surface area contributed by atoms with E-state index in [4.69, 9.17) is 0 Å². The monoisotopic (exact) mass is 182 g/mol. The molecule has 0 aliphatic carbocycles. The van der Waals surface area contributed by atoms with Crippen LogP contribution in [-0.4, -0.2) is 22.9 Å². The van der Waals surface area contributed by atoms with Crippen LogP contribution >= 0.6 is 0 Å². The van der Waals surface area contributed by atoms with Crippen LogP contribution < -0.4 is 0 Å². The van der Waals surface area contributed by atoms with Gasteiger partial charge in [0.2, 0.25) is 0 Å². The maximum absolute atomic E-state index is 11.2. The molecular weight excluding hydrogens is 168 g/mol. The Morgan fingerprint density at radius 3 is 2.62 bits per heavy atom. The van der Waals surface area contributed by atoms with Gasteiger partial charge in [-0.3, -0.25) is 4.68 Å². The summed E-state index contributed by atoms with van der Waals surface area (Å²) in [6, 6.07) is 0.261. The molecule has 0 spiro atoms. The number of aryl methyl sites for hydroxylation is 1. The fourth-order valence-electron chi connectivity index (χ4n) is 1.06. The van der Waals surface area contributed by atoms with Gasteiger partial charge < -0.3 is 4.74 Å². The summed E-state index contributed by atoms with van der Waals surface area (Å²) in [4.78, 5) is 11.2. The van der Waals surface area contributed by atoms with Crippen LogP contribution in [0, 0.1) is 6.92 Å². The molecule has 1 heterocycles. The molecule has 0 aromatic carbocycles. The number of hydrogen-bond donors (Lipinski definition) is 0. The Hall–Kier alpha value is -1.32. The fraction of sp³-hybridized carbons (Fsp3) is 0.556. The Bertz CT molecular complexity index is 315. The van der Waals surface area contributed by atoms with E-state index in [9.17, 15) is 4.79 Å². The Kier molecular flexibility index (Phi) is 2.70. The number of nitrogens with zero attached hydrogens (tertiary/aromatic N) is 2. The smallest absolute Gasteiger partial charge is 0.341 e. The summed E-state index contributed by atoms with van der Waals surface area (Å²) < 4.78 is 6.37. The van der Waals surface area contributed by atoms with Gasteiger partial charge >= 0.3 is 5.97 Å². The van der Waals surface area contributed by atoms with Crippen molar-refractivity contribution in [2.24, 2.45) is 0 Å². The SMILES string of the molecule is COC(=O)c1cn(C(C)C)nc1C. The fourth-order valence-corrected chi connectivity index (χ4v) is 1.06. The highest BCUT2D eigenvalue weighted by atomic mass is 16.5. The van der Waals surface area contributed by atoms with Crippen molar-refractivity contribution < 1.29 is 9.53 Å². The predicted octanol–water partition coefficient (Wildman–Crippen LogP) is 1.56. The summed E-state index contributed by atoms with van der Waals surface area (Å²) in [5, 5.41) is 4.20. The predicted molar refractivity (Wildman–Crippen MR) is 48.7 cm³/mol. The lowest BCUT2D eigenvalue weighted by Gasteiger charge is -2.02. The van der Waals surface area contributed by atoms with E-state index in [1.807, 2.05) is 13.8 Å². The molecule has 0 aliphatic heterocycles. The van der Waals surface area contributed by atoms with Gasteiger partial charge in [0.05, 0.1) is 12.8 Å². The molecule has 0 amide bonds.